The first-order chi connectivity index (χ1) is 12.4. The van der Waals surface area contributed by atoms with E-state index in [2.05, 4.69) is 85.1 Å². The van der Waals surface area contributed by atoms with Crippen LogP contribution >= 0.6 is 0 Å². The molecule has 0 bridgehead atoms. The maximum Gasteiger partial charge on any atom is 0.168 e. The van der Waals surface area contributed by atoms with Crippen LogP contribution in [0.1, 0.15) is 56.7 Å². The fourth-order valence-electron chi connectivity index (χ4n) is 3.97. The molecule has 3 rings (SSSR count). The molecular formula is C20H32N6. The van der Waals surface area contributed by atoms with Gasteiger partial charge in [-0.25, -0.2) is 4.68 Å². The molecule has 2 heterocycles. The number of hydrogen-bond donors (Lipinski definition) is 0. The van der Waals surface area contributed by atoms with Gasteiger partial charge in [-0.1, -0.05) is 26.0 Å². The lowest BCUT2D eigenvalue weighted by molar-refractivity contribution is 0.133. The Morgan fingerprint density at radius 1 is 0.962 bits per heavy atom. The van der Waals surface area contributed by atoms with Crippen LogP contribution in [0.4, 0.5) is 5.69 Å². The van der Waals surface area contributed by atoms with Crippen molar-refractivity contribution in [2.75, 3.05) is 31.1 Å². The molecule has 6 nitrogen and oxygen atoms in total. The minimum absolute atomic E-state index is 0.258. The molecule has 1 fully saturated rings. The second kappa shape index (κ2) is 7.74. The molecule has 0 amide bonds. The zero-order chi connectivity index (χ0) is 18.8. The van der Waals surface area contributed by atoms with Gasteiger partial charge in [0, 0.05) is 31.9 Å². The van der Waals surface area contributed by atoms with Crippen molar-refractivity contribution in [2.24, 2.45) is 5.92 Å². The third-order valence-corrected chi connectivity index (χ3v) is 5.53. The fraction of sp³-hybridized carbons (Fsp3) is 0.650. The molecular weight excluding hydrogens is 324 g/mol. The number of piperazine rings is 1. The van der Waals surface area contributed by atoms with Crippen molar-refractivity contribution < 1.29 is 0 Å². The number of hydrogen-bond acceptors (Lipinski definition) is 5. The lowest BCUT2D eigenvalue weighted by Crippen LogP contribution is -2.49. The summed E-state index contributed by atoms with van der Waals surface area (Å²) >= 11 is 0. The molecule has 1 saturated heterocycles. The number of aryl methyl sites for hydroxylation is 1. The van der Waals surface area contributed by atoms with E-state index >= 15 is 0 Å². The number of nitrogens with zero attached hydrogens (tertiary/aromatic N) is 6. The first-order valence-electron chi connectivity index (χ1n) is 9.73. The van der Waals surface area contributed by atoms with Crippen LogP contribution in [0.2, 0.25) is 0 Å². The van der Waals surface area contributed by atoms with Gasteiger partial charge in [-0.3, -0.25) is 4.90 Å². The van der Waals surface area contributed by atoms with Crippen LogP contribution in [-0.2, 0) is 0 Å². The highest BCUT2D eigenvalue weighted by molar-refractivity contribution is 5.56. The molecule has 1 aliphatic heterocycles. The number of benzene rings is 1. The van der Waals surface area contributed by atoms with E-state index < -0.39 is 0 Å². The Labute approximate surface area is 157 Å². The second-order valence-corrected chi connectivity index (χ2v) is 8.01. The highest BCUT2D eigenvalue weighted by Gasteiger charge is 2.32. The lowest BCUT2D eigenvalue weighted by Gasteiger charge is -2.41. The van der Waals surface area contributed by atoms with Crippen molar-refractivity contribution >= 4 is 5.69 Å². The molecule has 0 saturated carbocycles. The molecule has 26 heavy (non-hydrogen) atoms. The average Bonchev–Trinajstić information content (AvgIpc) is 3.07. The Hall–Kier alpha value is -1.95. The van der Waals surface area contributed by atoms with Gasteiger partial charge in [0.2, 0.25) is 0 Å². The molecule has 0 spiro atoms. The van der Waals surface area contributed by atoms with Crippen LogP contribution in [0.3, 0.4) is 0 Å². The first kappa shape index (κ1) is 18.8. The summed E-state index contributed by atoms with van der Waals surface area (Å²) in [5, 5.41) is 12.6. The Morgan fingerprint density at radius 3 is 2.27 bits per heavy atom. The molecule has 1 aliphatic rings. The van der Waals surface area contributed by atoms with Crippen LogP contribution in [0.15, 0.2) is 18.2 Å². The van der Waals surface area contributed by atoms with Crippen LogP contribution < -0.4 is 4.90 Å². The van der Waals surface area contributed by atoms with Gasteiger partial charge in [-0.05, 0) is 61.2 Å². The van der Waals surface area contributed by atoms with E-state index in [9.17, 15) is 0 Å². The monoisotopic (exact) mass is 356 g/mol. The first-order valence-corrected chi connectivity index (χ1v) is 9.73. The summed E-state index contributed by atoms with van der Waals surface area (Å²) in [6.07, 6.45) is 0. The molecule has 0 N–H and O–H groups in total. The van der Waals surface area contributed by atoms with Crippen molar-refractivity contribution in [3.63, 3.8) is 0 Å². The van der Waals surface area contributed by atoms with E-state index in [0.29, 0.717) is 5.92 Å². The van der Waals surface area contributed by atoms with Crippen LogP contribution in [0, 0.1) is 19.8 Å². The molecule has 1 unspecified atom stereocenters. The second-order valence-electron chi connectivity index (χ2n) is 8.01. The summed E-state index contributed by atoms with van der Waals surface area (Å²) in [6.45, 7) is 17.4. The maximum absolute atomic E-state index is 4.38. The minimum atomic E-state index is 0.258. The third kappa shape index (κ3) is 3.61. The number of aromatic nitrogens is 4. The smallest absolute Gasteiger partial charge is 0.168 e. The maximum atomic E-state index is 4.38. The van der Waals surface area contributed by atoms with E-state index in [-0.39, 0.29) is 12.1 Å². The molecule has 1 aromatic carbocycles. The van der Waals surface area contributed by atoms with Gasteiger partial charge in [-0.2, -0.15) is 0 Å². The SMILES string of the molecule is Cc1cccc(N2CCN(C(c3nnnn3C(C)C)C(C)C)CC2)c1C. The van der Waals surface area contributed by atoms with Gasteiger partial charge in [0.1, 0.15) is 0 Å². The van der Waals surface area contributed by atoms with Crippen molar-refractivity contribution in [3.8, 4) is 0 Å². The van der Waals surface area contributed by atoms with E-state index in [1.54, 1.807) is 0 Å². The predicted octanol–water partition coefficient (Wildman–Crippen LogP) is 3.39. The Balaban J connectivity index is 1.76. The van der Waals surface area contributed by atoms with Crippen molar-refractivity contribution in [1.82, 2.24) is 25.1 Å². The molecule has 1 atom stereocenters. The molecule has 1 aromatic heterocycles. The summed E-state index contributed by atoms with van der Waals surface area (Å²) < 4.78 is 1.97. The van der Waals surface area contributed by atoms with Crippen LogP contribution in [0.5, 0.6) is 0 Å². The Morgan fingerprint density at radius 2 is 1.65 bits per heavy atom. The summed E-state index contributed by atoms with van der Waals surface area (Å²) in [7, 11) is 0. The van der Waals surface area contributed by atoms with Crippen LogP contribution in [0.25, 0.3) is 0 Å². The molecule has 6 heteroatoms. The van der Waals surface area contributed by atoms with E-state index in [0.717, 1.165) is 32.0 Å². The normalized spacial score (nSPS) is 17.3. The van der Waals surface area contributed by atoms with Gasteiger partial charge in [-0.15, -0.1) is 5.10 Å². The predicted molar refractivity (Wildman–Crippen MR) is 105 cm³/mol. The fourth-order valence-corrected chi connectivity index (χ4v) is 3.97. The van der Waals surface area contributed by atoms with E-state index in [1.807, 2.05) is 4.68 Å². The van der Waals surface area contributed by atoms with E-state index in [1.165, 1.54) is 16.8 Å². The molecule has 142 valence electrons. The highest BCUT2D eigenvalue weighted by atomic mass is 15.6. The highest BCUT2D eigenvalue weighted by Crippen LogP contribution is 2.31. The zero-order valence-corrected chi connectivity index (χ0v) is 17.0. The van der Waals surface area contributed by atoms with Crippen LogP contribution in [-0.4, -0.2) is 51.3 Å². The Bertz CT molecular complexity index is 728. The van der Waals surface area contributed by atoms with Crippen molar-refractivity contribution in [2.45, 2.75) is 53.6 Å². The lowest BCUT2D eigenvalue weighted by atomic mass is 10.00. The summed E-state index contributed by atoms with van der Waals surface area (Å²) in [5.74, 6) is 1.46. The van der Waals surface area contributed by atoms with Gasteiger partial charge in [0.25, 0.3) is 0 Å². The quantitative estimate of drug-likeness (QED) is 0.822. The summed E-state index contributed by atoms with van der Waals surface area (Å²) in [4.78, 5) is 5.07. The number of rotatable bonds is 5. The summed E-state index contributed by atoms with van der Waals surface area (Å²) in [5.41, 5.74) is 4.13. The molecule has 0 radical (unpaired) electrons. The number of tetrazole rings is 1. The van der Waals surface area contributed by atoms with Gasteiger partial charge in [0.15, 0.2) is 5.82 Å². The van der Waals surface area contributed by atoms with Gasteiger partial charge < -0.3 is 4.90 Å². The number of anilines is 1. The minimum Gasteiger partial charge on any atom is -0.369 e. The molecule has 0 aliphatic carbocycles. The largest absolute Gasteiger partial charge is 0.369 e. The Kier molecular flexibility index (Phi) is 5.61. The van der Waals surface area contributed by atoms with Gasteiger partial charge in [0.05, 0.1) is 12.1 Å². The zero-order valence-electron chi connectivity index (χ0n) is 17.0. The van der Waals surface area contributed by atoms with Crippen molar-refractivity contribution in [1.29, 1.82) is 0 Å². The average molecular weight is 357 g/mol. The summed E-state index contributed by atoms with van der Waals surface area (Å²) in [6, 6.07) is 7.13. The topological polar surface area (TPSA) is 50.1 Å². The third-order valence-electron chi connectivity index (χ3n) is 5.53. The molecule has 2 aromatic rings. The van der Waals surface area contributed by atoms with Crippen molar-refractivity contribution in [3.05, 3.63) is 35.2 Å². The van der Waals surface area contributed by atoms with E-state index in [4.69, 9.17) is 0 Å². The van der Waals surface area contributed by atoms with Gasteiger partial charge >= 0.3 is 0 Å². The standard InChI is InChI=1S/C20H32N6/c1-14(2)19(20-21-22-23-26(20)15(3)4)25-12-10-24(11-13-25)18-9-7-8-16(5)17(18)6/h7-9,14-15,19H,10-13H2,1-6H3.